The van der Waals surface area contributed by atoms with Gasteiger partial charge in [0.05, 0.1) is 33.1 Å². The number of aryl methyl sites for hydroxylation is 1. The molecule has 2 aliphatic rings. The SMILES string of the molecule is C.C#C.C#C.COC(=O)N1CCN(C(=O)Cc2ccc(Cl)c(C)c2)[C@H](CN2CCCC2)C1.COC(=O)[C@H](N)CC(=O)O. The molecule has 2 saturated heterocycles. The molecule has 234 valence electrons. The zero-order valence-electron chi connectivity index (χ0n) is 24.0. The second kappa shape index (κ2) is 21.9. The summed E-state index contributed by atoms with van der Waals surface area (Å²) >= 11 is 6.09. The summed E-state index contributed by atoms with van der Waals surface area (Å²) in [7, 11) is 2.56. The van der Waals surface area contributed by atoms with Crippen molar-refractivity contribution in [3.05, 3.63) is 34.3 Å². The number of carboxylic acids is 1. The van der Waals surface area contributed by atoms with Gasteiger partial charge in [-0.1, -0.05) is 31.2 Å². The van der Waals surface area contributed by atoms with E-state index in [1.165, 1.54) is 20.0 Å². The van der Waals surface area contributed by atoms with Crippen molar-refractivity contribution >= 4 is 35.5 Å². The number of nitrogens with zero attached hydrogens (tertiary/aromatic N) is 3. The number of carboxylic acid groups (broad SMARTS) is 1. The molecule has 0 aromatic heterocycles. The van der Waals surface area contributed by atoms with Gasteiger partial charge in [0.2, 0.25) is 5.91 Å². The first-order chi connectivity index (χ1) is 19.5. The molecule has 1 aromatic rings. The summed E-state index contributed by atoms with van der Waals surface area (Å²) in [6.45, 7) is 6.45. The maximum atomic E-state index is 13.0. The summed E-state index contributed by atoms with van der Waals surface area (Å²) in [6, 6.07) is 4.67. The fraction of sp³-hybridized carbons (Fsp3) is 0.533. The molecule has 3 N–H and O–H groups in total. The highest BCUT2D eigenvalue weighted by atomic mass is 35.5. The van der Waals surface area contributed by atoms with Gasteiger partial charge in [0.15, 0.2) is 0 Å². The van der Waals surface area contributed by atoms with Crippen molar-refractivity contribution in [1.29, 1.82) is 0 Å². The standard InChI is InChI=1S/C20H28ClN3O3.C5H9NO4.2C2H2.CH4/c1-15-11-16(5-6-18(15)21)12-19(25)24-10-9-23(20(26)27-2)14-17(24)13-22-7-3-4-8-22;1-10-5(9)3(6)2-4(7)8;2*1-2;/h5-6,11,17H,3-4,7-10,12-14H2,1-2H3;3H,2,6H2,1H3,(H,7,8);2*1-2H;1H4/t17-;3-;;;/m11.../s1. The van der Waals surface area contributed by atoms with E-state index in [9.17, 15) is 19.2 Å². The van der Waals surface area contributed by atoms with Gasteiger partial charge >= 0.3 is 18.0 Å². The second-order valence-corrected chi connectivity index (χ2v) is 9.56. The van der Waals surface area contributed by atoms with Crippen molar-refractivity contribution in [2.75, 3.05) is 53.5 Å². The minimum atomic E-state index is -1.11. The highest BCUT2D eigenvalue weighted by molar-refractivity contribution is 6.31. The van der Waals surface area contributed by atoms with E-state index in [4.69, 9.17) is 27.2 Å². The molecule has 2 amide bonds. The molecule has 0 bridgehead atoms. The highest BCUT2D eigenvalue weighted by Gasteiger charge is 2.34. The number of halogens is 1. The zero-order chi connectivity index (χ0) is 31.5. The Hall–Kier alpha value is -3.77. The number of methoxy groups -OCH3 is 2. The van der Waals surface area contributed by atoms with Crippen LogP contribution >= 0.6 is 11.6 Å². The largest absolute Gasteiger partial charge is 0.481 e. The number of nitrogens with two attached hydrogens (primary N) is 1. The number of terminal acetylenes is 2. The van der Waals surface area contributed by atoms with Gasteiger partial charge < -0.3 is 35.0 Å². The molecule has 3 rings (SSSR count). The number of aliphatic carboxylic acids is 1. The van der Waals surface area contributed by atoms with E-state index in [1.807, 2.05) is 30.0 Å². The van der Waals surface area contributed by atoms with Crippen LogP contribution in [0.15, 0.2) is 18.2 Å². The molecular formula is C30H45ClN4O7. The van der Waals surface area contributed by atoms with Crippen LogP contribution in [0.2, 0.25) is 5.02 Å². The fourth-order valence-corrected chi connectivity index (χ4v) is 4.53. The smallest absolute Gasteiger partial charge is 0.409 e. The normalized spacial score (nSPS) is 16.4. The van der Waals surface area contributed by atoms with Crippen molar-refractivity contribution in [2.45, 2.75) is 52.1 Å². The van der Waals surface area contributed by atoms with E-state index in [1.54, 1.807) is 4.90 Å². The first-order valence-electron chi connectivity index (χ1n) is 12.9. The van der Waals surface area contributed by atoms with Crippen molar-refractivity contribution in [1.82, 2.24) is 14.7 Å². The lowest BCUT2D eigenvalue weighted by molar-refractivity contribution is -0.147. The molecule has 42 heavy (non-hydrogen) atoms. The van der Waals surface area contributed by atoms with Gasteiger partial charge in [-0.25, -0.2) is 4.79 Å². The molecule has 0 radical (unpaired) electrons. The summed E-state index contributed by atoms with van der Waals surface area (Å²) in [5.74, 6) is -1.72. The Morgan fingerprint density at radius 3 is 2.14 bits per heavy atom. The van der Waals surface area contributed by atoms with Gasteiger partial charge in [0.1, 0.15) is 6.04 Å². The van der Waals surface area contributed by atoms with Crippen molar-refractivity contribution in [3.8, 4) is 25.7 Å². The van der Waals surface area contributed by atoms with Crippen LogP contribution in [-0.2, 0) is 30.3 Å². The Morgan fingerprint density at radius 1 is 1.05 bits per heavy atom. The number of likely N-dealkylation sites (tertiary alicyclic amines) is 1. The Labute approximate surface area is 255 Å². The van der Waals surface area contributed by atoms with Crippen molar-refractivity contribution in [2.24, 2.45) is 5.73 Å². The second-order valence-electron chi connectivity index (χ2n) is 9.15. The number of carbonyl (C=O) groups is 4. The van der Waals surface area contributed by atoms with Gasteiger partial charge in [-0.15, -0.1) is 25.7 Å². The Kier molecular flexibility index (Phi) is 21.1. The number of benzene rings is 1. The minimum absolute atomic E-state index is 0. The third-order valence-electron chi connectivity index (χ3n) is 6.38. The number of carbonyl (C=O) groups excluding carboxylic acids is 3. The Balaban J connectivity index is 0. The summed E-state index contributed by atoms with van der Waals surface area (Å²) in [4.78, 5) is 51.4. The van der Waals surface area contributed by atoms with E-state index in [0.717, 1.165) is 37.9 Å². The van der Waals surface area contributed by atoms with Gasteiger partial charge in [-0.05, 0) is 50.0 Å². The molecular weight excluding hydrogens is 564 g/mol. The van der Waals surface area contributed by atoms with Gasteiger partial charge in [0.25, 0.3) is 0 Å². The van der Waals surface area contributed by atoms with Crippen molar-refractivity contribution < 1.29 is 33.8 Å². The van der Waals surface area contributed by atoms with E-state index in [2.05, 4.69) is 35.3 Å². The number of ether oxygens (including phenoxy) is 2. The lowest BCUT2D eigenvalue weighted by Crippen LogP contribution is -2.59. The molecule has 2 heterocycles. The zero-order valence-corrected chi connectivity index (χ0v) is 24.7. The molecule has 12 heteroatoms. The lowest BCUT2D eigenvalue weighted by atomic mass is 10.1. The van der Waals surface area contributed by atoms with Gasteiger partial charge in [0, 0.05) is 31.2 Å². The molecule has 0 saturated carbocycles. The monoisotopic (exact) mass is 608 g/mol. The average Bonchev–Trinajstić information content (AvgIpc) is 3.49. The van der Waals surface area contributed by atoms with Gasteiger partial charge in [-0.2, -0.15) is 0 Å². The van der Waals surface area contributed by atoms with Crippen LogP contribution < -0.4 is 5.73 Å². The van der Waals surface area contributed by atoms with Crippen LogP contribution in [-0.4, -0.2) is 109 Å². The van der Waals surface area contributed by atoms with Crippen LogP contribution in [0.3, 0.4) is 0 Å². The minimum Gasteiger partial charge on any atom is -0.481 e. The molecule has 0 aliphatic carbocycles. The number of amides is 2. The highest BCUT2D eigenvalue weighted by Crippen LogP contribution is 2.20. The Bertz CT molecular complexity index is 1030. The van der Waals surface area contributed by atoms with E-state index < -0.39 is 24.4 Å². The lowest BCUT2D eigenvalue weighted by Gasteiger charge is -2.42. The maximum absolute atomic E-state index is 13.0. The summed E-state index contributed by atoms with van der Waals surface area (Å²) in [5.41, 5.74) is 7.02. The number of piperazine rings is 1. The number of esters is 1. The topological polar surface area (TPSA) is 143 Å². The summed E-state index contributed by atoms with van der Waals surface area (Å²) < 4.78 is 9.07. The number of hydrogen-bond donors (Lipinski definition) is 2. The number of rotatable bonds is 7. The number of hydrogen-bond acceptors (Lipinski definition) is 8. The van der Waals surface area contributed by atoms with Crippen LogP contribution in [0, 0.1) is 32.6 Å². The third-order valence-corrected chi connectivity index (χ3v) is 6.80. The van der Waals surface area contributed by atoms with E-state index in [0.29, 0.717) is 31.1 Å². The molecule has 11 nitrogen and oxygen atoms in total. The molecule has 0 unspecified atom stereocenters. The van der Waals surface area contributed by atoms with Crippen LogP contribution in [0.4, 0.5) is 4.79 Å². The molecule has 2 aliphatic heterocycles. The average molecular weight is 609 g/mol. The molecule has 1 aromatic carbocycles. The van der Waals surface area contributed by atoms with E-state index >= 15 is 0 Å². The van der Waals surface area contributed by atoms with E-state index in [-0.39, 0.29) is 25.5 Å². The van der Waals surface area contributed by atoms with Crippen LogP contribution in [0.5, 0.6) is 0 Å². The summed E-state index contributed by atoms with van der Waals surface area (Å²) in [5, 5.41) is 8.85. The van der Waals surface area contributed by atoms with Crippen LogP contribution in [0.1, 0.15) is 37.8 Å². The maximum Gasteiger partial charge on any atom is 0.409 e. The Morgan fingerprint density at radius 2 is 1.64 bits per heavy atom. The molecule has 2 fully saturated rings. The third kappa shape index (κ3) is 13.7. The predicted octanol–water partition coefficient (Wildman–Crippen LogP) is 2.66. The molecule has 2 atom stereocenters. The van der Waals surface area contributed by atoms with Crippen LogP contribution in [0.25, 0.3) is 0 Å². The predicted molar refractivity (Wildman–Crippen MR) is 164 cm³/mol. The fourth-order valence-electron chi connectivity index (χ4n) is 4.41. The van der Waals surface area contributed by atoms with Crippen molar-refractivity contribution in [3.63, 3.8) is 0 Å². The molecule has 0 spiro atoms. The first-order valence-corrected chi connectivity index (χ1v) is 13.2. The summed E-state index contributed by atoms with van der Waals surface area (Å²) in [6.07, 6.45) is 18.0. The first kappa shape index (κ1) is 40.4. The van der Waals surface area contributed by atoms with Gasteiger partial charge in [-0.3, -0.25) is 14.4 Å². The quantitative estimate of drug-likeness (QED) is 0.353.